The van der Waals surface area contributed by atoms with Gasteiger partial charge in [-0.3, -0.25) is 4.79 Å². The van der Waals surface area contributed by atoms with Crippen molar-refractivity contribution in [1.29, 1.82) is 0 Å². The molecular formula is C24H19NO4. The van der Waals surface area contributed by atoms with Crippen LogP contribution in [0, 0.1) is 6.92 Å². The molecule has 0 unspecified atom stereocenters. The topological polar surface area (TPSA) is 68.5 Å². The minimum atomic E-state index is -0.414. The quantitative estimate of drug-likeness (QED) is 0.502. The van der Waals surface area contributed by atoms with Crippen molar-refractivity contribution in [1.82, 2.24) is 0 Å². The van der Waals surface area contributed by atoms with Crippen LogP contribution < -0.4 is 15.7 Å². The summed E-state index contributed by atoms with van der Waals surface area (Å²) in [5.41, 5.74) is 3.52. The molecule has 5 heteroatoms. The summed E-state index contributed by atoms with van der Waals surface area (Å²) in [6, 6.07) is 24.1. The Hall–Kier alpha value is -3.86. The average molecular weight is 385 g/mol. The largest absolute Gasteiger partial charge is 0.484 e. The number of para-hydroxylation sites is 1. The molecule has 0 spiro atoms. The molecule has 0 radical (unpaired) electrons. The summed E-state index contributed by atoms with van der Waals surface area (Å²) in [6.07, 6.45) is 0. The first kappa shape index (κ1) is 18.5. The number of nitrogens with one attached hydrogen (secondary N) is 1. The van der Waals surface area contributed by atoms with Gasteiger partial charge in [0, 0.05) is 28.8 Å². The molecule has 0 saturated carbocycles. The Balaban J connectivity index is 1.48. The Bertz CT molecular complexity index is 1230. The van der Waals surface area contributed by atoms with Crippen molar-refractivity contribution >= 4 is 22.6 Å². The van der Waals surface area contributed by atoms with Gasteiger partial charge in [0.1, 0.15) is 11.3 Å². The molecule has 1 heterocycles. The summed E-state index contributed by atoms with van der Waals surface area (Å²) in [5.74, 6) is 0.178. The number of anilines is 1. The zero-order valence-electron chi connectivity index (χ0n) is 15.8. The lowest BCUT2D eigenvalue weighted by atomic mass is 10.0. The average Bonchev–Trinajstić information content (AvgIpc) is 2.73. The fourth-order valence-electron chi connectivity index (χ4n) is 3.19. The van der Waals surface area contributed by atoms with Gasteiger partial charge in [-0.2, -0.15) is 0 Å². The number of rotatable bonds is 5. The third-order valence-electron chi connectivity index (χ3n) is 4.58. The van der Waals surface area contributed by atoms with E-state index in [2.05, 4.69) is 5.32 Å². The predicted molar refractivity (Wildman–Crippen MR) is 113 cm³/mol. The molecular weight excluding hydrogens is 366 g/mol. The van der Waals surface area contributed by atoms with Gasteiger partial charge in [0.25, 0.3) is 5.91 Å². The van der Waals surface area contributed by atoms with Crippen LogP contribution in [0.5, 0.6) is 5.75 Å². The van der Waals surface area contributed by atoms with Gasteiger partial charge in [-0.15, -0.1) is 0 Å². The maximum atomic E-state index is 12.4. The lowest BCUT2D eigenvalue weighted by molar-refractivity contribution is -0.118. The van der Waals surface area contributed by atoms with Gasteiger partial charge in [0.15, 0.2) is 6.61 Å². The molecule has 0 atom stereocenters. The maximum absolute atomic E-state index is 12.4. The van der Waals surface area contributed by atoms with Gasteiger partial charge in [-0.05, 0) is 36.2 Å². The summed E-state index contributed by atoms with van der Waals surface area (Å²) in [4.78, 5) is 24.0. The zero-order chi connectivity index (χ0) is 20.2. The number of hydrogen-bond acceptors (Lipinski definition) is 4. The first-order chi connectivity index (χ1) is 14.1. The normalized spacial score (nSPS) is 10.7. The summed E-state index contributed by atoms with van der Waals surface area (Å²) in [7, 11) is 0. The standard InChI is InChI=1S/C24H19NO4/c1-16-13-24(27)29-22-14-18(11-12-19(16)22)28-15-23(26)25-21-10-6-5-9-20(21)17-7-3-2-4-8-17/h2-14H,15H2,1H3,(H,25,26). The lowest BCUT2D eigenvalue weighted by Crippen LogP contribution is -2.20. The van der Waals surface area contributed by atoms with Gasteiger partial charge in [-0.25, -0.2) is 4.79 Å². The predicted octanol–water partition coefficient (Wildman–Crippen LogP) is 4.79. The molecule has 4 aromatic rings. The number of amides is 1. The molecule has 0 saturated heterocycles. The second-order valence-corrected chi connectivity index (χ2v) is 6.65. The van der Waals surface area contributed by atoms with Crippen LogP contribution in [0.25, 0.3) is 22.1 Å². The molecule has 0 aliphatic rings. The molecule has 0 aliphatic carbocycles. The summed E-state index contributed by atoms with van der Waals surface area (Å²) in [6.45, 7) is 1.68. The van der Waals surface area contributed by atoms with Crippen LogP contribution in [-0.2, 0) is 4.79 Å². The van der Waals surface area contributed by atoms with Crippen LogP contribution in [0.4, 0.5) is 5.69 Å². The number of carbonyl (C=O) groups excluding carboxylic acids is 1. The van der Waals surface area contributed by atoms with Crippen LogP contribution in [0.2, 0.25) is 0 Å². The van der Waals surface area contributed by atoms with Gasteiger partial charge in [0.2, 0.25) is 0 Å². The number of fused-ring (bicyclic) bond motifs is 1. The van der Waals surface area contributed by atoms with E-state index in [0.717, 1.165) is 22.1 Å². The van der Waals surface area contributed by atoms with Crippen molar-refractivity contribution in [3.8, 4) is 16.9 Å². The molecule has 144 valence electrons. The van der Waals surface area contributed by atoms with E-state index in [1.807, 2.05) is 67.6 Å². The Kier molecular flexibility index (Phi) is 5.12. The Morgan fingerprint density at radius 2 is 1.72 bits per heavy atom. The Morgan fingerprint density at radius 3 is 2.55 bits per heavy atom. The van der Waals surface area contributed by atoms with E-state index in [4.69, 9.17) is 9.15 Å². The second kappa shape index (κ2) is 8.02. The minimum absolute atomic E-state index is 0.162. The number of ether oxygens (including phenoxy) is 1. The molecule has 0 fully saturated rings. The summed E-state index contributed by atoms with van der Waals surface area (Å²) in [5, 5.41) is 3.73. The molecule has 1 N–H and O–H groups in total. The van der Waals surface area contributed by atoms with Crippen molar-refractivity contribution in [2.24, 2.45) is 0 Å². The summed E-state index contributed by atoms with van der Waals surface area (Å²) < 4.78 is 10.8. The SMILES string of the molecule is Cc1cc(=O)oc2cc(OCC(=O)Nc3ccccc3-c3ccccc3)ccc12. The highest BCUT2D eigenvalue weighted by molar-refractivity contribution is 5.96. The van der Waals surface area contributed by atoms with E-state index in [1.54, 1.807) is 12.1 Å². The second-order valence-electron chi connectivity index (χ2n) is 6.65. The molecule has 5 nitrogen and oxygen atoms in total. The molecule has 0 bridgehead atoms. The van der Waals surface area contributed by atoms with Crippen LogP contribution in [0.3, 0.4) is 0 Å². The molecule has 3 aromatic carbocycles. The van der Waals surface area contributed by atoms with Crippen molar-refractivity contribution in [2.75, 3.05) is 11.9 Å². The number of benzene rings is 3. The van der Waals surface area contributed by atoms with E-state index < -0.39 is 5.63 Å². The monoisotopic (exact) mass is 385 g/mol. The third kappa shape index (κ3) is 4.19. The highest BCUT2D eigenvalue weighted by Gasteiger charge is 2.10. The van der Waals surface area contributed by atoms with Gasteiger partial charge >= 0.3 is 5.63 Å². The minimum Gasteiger partial charge on any atom is -0.484 e. The van der Waals surface area contributed by atoms with Crippen LogP contribution in [0.1, 0.15) is 5.56 Å². The van der Waals surface area contributed by atoms with E-state index in [9.17, 15) is 9.59 Å². The fraction of sp³-hybridized carbons (Fsp3) is 0.0833. The number of hydrogen-bond donors (Lipinski definition) is 1. The molecule has 1 amide bonds. The van der Waals surface area contributed by atoms with E-state index in [1.165, 1.54) is 6.07 Å². The highest BCUT2D eigenvalue weighted by Crippen LogP contribution is 2.27. The molecule has 0 aliphatic heterocycles. The molecule has 29 heavy (non-hydrogen) atoms. The molecule has 1 aromatic heterocycles. The van der Waals surface area contributed by atoms with E-state index >= 15 is 0 Å². The van der Waals surface area contributed by atoms with Crippen molar-refractivity contribution in [2.45, 2.75) is 6.92 Å². The third-order valence-corrected chi connectivity index (χ3v) is 4.58. The highest BCUT2D eigenvalue weighted by atomic mass is 16.5. The van der Waals surface area contributed by atoms with Gasteiger partial charge in [-0.1, -0.05) is 48.5 Å². The maximum Gasteiger partial charge on any atom is 0.336 e. The van der Waals surface area contributed by atoms with Crippen molar-refractivity contribution in [3.63, 3.8) is 0 Å². The smallest absolute Gasteiger partial charge is 0.336 e. The van der Waals surface area contributed by atoms with E-state index in [-0.39, 0.29) is 12.5 Å². The summed E-state index contributed by atoms with van der Waals surface area (Å²) >= 11 is 0. The first-order valence-electron chi connectivity index (χ1n) is 9.22. The lowest BCUT2D eigenvalue weighted by Gasteiger charge is -2.12. The Labute approximate surface area is 167 Å². The fourth-order valence-corrected chi connectivity index (χ4v) is 3.19. The van der Waals surface area contributed by atoms with Gasteiger partial charge in [0.05, 0.1) is 0 Å². The van der Waals surface area contributed by atoms with Crippen LogP contribution >= 0.6 is 0 Å². The zero-order valence-corrected chi connectivity index (χ0v) is 15.8. The number of carbonyl (C=O) groups is 1. The van der Waals surface area contributed by atoms with Crippen molar-refractivity contribution < 1.29 is 13.9 Å². The van der Waals surface area contributed by atoms with Gasteiger partial charge < -0.3 is 14.5 Å². The van der Waals surface area contributed by atoms with E-state index in [0.29, 0.717) is 17.0 Å². The van der Waals surface area contributed by atoms with Crippen LogP contribution in [-0.4, -0.2) is 12.5 Å². The Morgan fingerprint density at radius 1 is 0.966 bits per heavy atom. The van der Waals surface area contributed by atoms with Crippen molar-refractivity contribution in [3.05, 3.63) is 94.8 Å². The number of aryl methyl sites for hydroxylation is 1. The first-order valence-corrected chi connectivity index (χ1v) is 9.22. The molecule has 4 rings (SSSR count). The van der Waals surface area contributed by atoms with Crippen LogP contribution in [0.15, 0.2) is 88.1 Å².